The van der Waals surface area contributed by atoms with E-state index in [1.807, 2.05) is 25.1 Å². The van der Waals surface area contributed by atoms with Crippen molar-refractivity contribution in [3.63, 3.8) is 0 Å². The van der Waals surface area contributed by atoms with E-state index in [2.05, 4.69) is 0 Å². The van der Waals surface area contributed by atoms with Crippen molar-refractivity contribution >= 4 is 27.5 Å². The van der Waals surface area contributed by atoms with E-state index < -0.39 is 10.0 Å². The number of aryl methyl sites for hydroxylation is 1. The number of nitrogens with zero attached hydrogens (tertiary/aromatic N) is 3. The van der Waals surface area contributed by atoms with Gasteiger partial charge in [0, 0.05) is 44.4 Å². The van der Waals surface area contributed by atoms with Crippen LogP contribution in [0.2, 0.25) is 5.02 Å². The molecule has 0 atom stereocenters. The van der Waals surface area contributed by atoms with Crippen molar-refractivity contribution in [3.8, 4) is 0 Å². The zero-order valence-corrected chi connectivity index (χ0v) is 17.8. The number of amides is 1. The number of piperidine rings is 1. The number of halogens is 1. The Hall–Kier alpha value is -1.83. The van der Waals surface area contributed by atoms with E-state index in [4.69, 9.17) is 11.6 Å². The van der Waals surface area contributed by atoms with Gasteiger partial charge in [0.05, 0.1) is 0 Å². The molecule has 2 heterocycles. The minimum Gasteiger partial charge on any atom is -0.345 e. The quantitative estimate of drug-likeness (QED) is 0.714. The first-order valence-electron chi connectivity index (χ1n) is 9.53. The number of rotatable bonds is 6. The van der Waals surface area contributed by atoms with Gasteiger partial charge in [0.15, 0.2) is 0 Å². The van der Waals surface area contributed by atoms with Crippen molar-refractivity contribution in [1.29, 1.82) is 0 Å². The van der Waals surface area contributed by atoms with Crippen LogP contribution in [0.15, 0.2) is 41.4 Å². The van der Waals surface area contributed by atoms with Crippen LogP contribution in [0.1, 0.15) is 42.2 Å². The molecule has 152 valence electrons. The summed E-state index contributed by atoms with van der Waals surface area (Å²) in [6.07, 6.45) is 4.34. The van der Waals surface area contributed by atoms with Gasteiger partial charge < -0.3 is 9.47 Å². The molecule has 0 unspecified atom stereocenters. The normalized spacial score (nSPS) is 15.5. The first kappa shape index (κ1) is 20.9. The third-order valence-corrected chi connectivity index (χ3v) is 7.18. The standard InChI is InChI=1S/C20H26ClN3O3S/c1-3-23(14-16-8-7-9-17(21)12-16)20(25)19-13-18(15-22(19)2)28(26,27)24-10-5-4-6-11-24/h7-9,12-13,15H,3-6,10-11,14H2,1-2H3. The molecule has 1 amide bonds. The molecular formula is C20H26ClN3O3S. The van der Waals surface area contributed by atoms with Crippen molar-refractivity contribution in [2.45, 2.75) is 37.6 Å². The van der Waals surface area contributed by atoms with Crippen LogP contribution in [0.4, 0.5) is 0 Å². The highest BCUT2D eigenvalue weighted by molar-refractivity contribution is 7.89. The fraction of sp³-hybridized carbons (Fsp3) is 0.450. The number of aromatic nitrogens is 1. The minimum absolute atomic E-state index is 0.180. The third-order valence-electron chi connectivity index (χ3n) is 5.08. The molecule has 8 heteroatoms. The molecule has 2 aromatic rings. The van der Waals surface area contributed by atoms with Crippen molar-refractivity contribution in [1.82, 2.24) is 13.8 Å². The second-order valence-electron chi connectivity index (χ2n) is 7.09. The van der Waals surface area contributed by atoms with Crippen LogP contribution in [0.3, 0.4) is 0 Å². The Bertz CT molecular complexity index is 949. The molecule has 0 radical (unpaired) electrons. The highest BCUT2D eigenvalue weighted by Gasteiger charge is 2.29. The summed E-state index contributed by atoms with van der Waals surface area (Å²) in [6.45, 7) is 3.89. The highest BCUT2D eigenvalue weighted by Crippen LogP contribution is 2.23. The Labute approximate surface area is 171 Å². The summed E-state index contributed by atoms with van der Waals surface area (Å²) >= 11 is 6.04. The van der Waals surface area contributed by atoms with Gasteiger partial charge in [-0.3, -0.25) is 4.79 Å². The third kappa shape index (κ3) is 4.42. The van der Waals surface area contributed by atoms with Gasteiger partial charge in [-0.1, -0.05) is 30.2 Å². The molecule has 1 aromatic heterocycles. The van der Waals surface area contributed by atoms with Gasteiger partial charge in [0.2, 0.25) is 10.0 Å². The van der Waals surface area contributed by atoms with E-state index in [9.17, 15) is 13.2 Å². The Morgan fingerprint density at radius 3 is 2.54 bits per heavy atom. The van der Waals surface area contributed by atoms with E-state index in [1.165, 1.54) is 16.6 Å². The zero-order chi connectivity index (χ0) is 20.3. The predicted molar refractivity (Wildman–Crippen MR) is 110 cm³/mol. The summed E-state index contributed by atoms with van der Waals surface area (Å²) in [5, 5.41) is 0.620. The number of benzene rings is 1. The fourth-order valence-electron chi connectivity index (χ4n) is 3.49. The summed E-state index contributed by atoms with van der Waals surface area (Å²) in [5.41, 5.74) is 1.29. The first-order valence-corrected chi connectivity index (χ1v) is 11.3. The van der Waals surface area contributed by atoms with Gasteiger partial charge in [-0.25, -0.2) is 8.42 Å². The van der Waals surface area contributed by atoms with E-state index in [-0.39, 0.29) is 10.8 Å². The van der Waals surface area contributed by atoms with Crippen LogP contribution in [0, 0.1) is 0 Å². The summed E-state index contributed by atoms with van der Waals surface area (Å²) in [7, 11) is -1.87. The monoisotopic (exact) mass is 423 g/mol. The van der Waals surface area contributed by atoms with Gasteiger partial charge >= 0.3 is 0 Å². The summed E-state index contributed by atoms with van der Waals surface area (Å²) in [4.78, 5) is 14.9. The number of carbonyl (C=O) groups is 1. The van der Waals surface area contributed by atoms with Crippen LogP contribution in [0.5, 0.6) is 0 Å². The average molecular weight is 424 g/mol. The molecule has 0 spiro atoms. The fourth-order valence-corrected chi connectivity index (χ4v) is 5.29. The molecule has 28 heavy (non-hydrogen) atoms. The van der Waals surface area contributed by atoms with Gasteiger partial charge in [0.25, 0.3) is 5.91 Å². The Kier molecular flexibility index (Phi) is 6.47. The number of carbonyl (C=O) groups excluding carboxylic acids is 1. The van der Waals surface area contributed by atoms with E-state index >= 15 is 0 Å². The maximum atomic E-state index is 13.1. The largest absolute Gasteiger partial charge is 0.345 e. The number of hydrogen-bond acceptors (Lipinski definition) is 3. The summed E-state index contributed by atoms with van der Waals surface area (Å²) < 4.78 is 28.9. The zero-order valence-electron chi connectivity index (χ0n) is 16.3. The van der Waals surface area contributed by atoms with Crippen LogP contribution in [0.25, 0.3) is 0 Å². The van der Waals surface area contributed by atoms with Gasteiger partial charge in [-0.15, -0.1) is 0 Å². The molecule has 1 aliphatic rings. The summed E-state index contributed by atoms with van der Waals surface area (Å²) in [5.74, 6) is -0.204. The van der Waals surface area contributed by atoms with Gasteiger partial charge in [-0.05, 0) is 43.5 Å². The summed E-state index contributed by atoms with van der Waals surface area (Å²) in [6, 6.07) is 8.88. The smallest absolute Gasteiger partial charge is 0.270 e. The maximum absolute atomic E-state index is 13.1. The van der Waals surface area contributed by atoms with E-state index in [0.29, 0.717) is 36.9 Å². The van der Waals surface area contributed by atoms with Gasteiger partial charge in [-0.2, -0.15) is 4.31 Å². The van der Waals surface area contributed by atoms with Crippen molar-refractivity contribution < 1.29 is 13.2 Å². The van der Waals surface area contributed by atoms with Crippen molar-refractivity contribution in [2.24, 2.45) is 7.05 Å². The van der Waals surface area contributed by atoms with Crippen LogP contribution >= 0.6 is 11.6 Å². The minimum atomic E-state index is -3.57. The van der Waals surface area contributed by atoms with Crippen molar-refractivity contribution in [2.75, 3.05) is 19.6 Å². The topological polar surface area (TPSA) is 62.6 Å². The molecule has 0 saturated carbocycles. The first-order chi connectivity index (χ1) is 13.3. The molecule has 1 fully saturated rings. The van der Waals surface area contributed by atoms with Crippen LogP contribution < -0.4 is 0 Å². The molecule has 0 bridgehead atoms. The molecule has 1 saturated heterocycles. The molecule has 0 aliphatic carbocycles. The molecule has 6 nitrogen and oxygen atoms in total. The van der Waals surface area contributed by atoms with Crippen LogP contribution in [-0.2, 0) is 23.6 Å². The lowest BCUT2D eigenvalue weighted by atomic mass is 10.2. The average Bonchev–Trinajstić information content (AvgIpc) is 3.09. The molecular weight excluding hydrogens is 398 g/mol. The maximum Gasteiger partial charge on any atom is 0.270 e. The van der Waals surface area contributed by atoms with E-state index in [0.717, 1.165) is 24.8 Å². The lowest BCUT2D eigenvalue weighted by Gasteiger charge is -2.25. The van der Waals surface area contributed by atoms with Crippen LogP contribution in [-0.4, -0.2) is 47.7 Å². The lowest BCUT2D eigenvalue weighted by molar-refractivity contribution is 0.0743. The Balaban J connectivity index is 1.83. The Morgan fingerprint density at radius 2 is 1.89 bits per heavy atom. The highest BCUT2D eigenvalue weighted by atomic mass is 35.5. The number of hydrogen-bond donors (Lipinski definition) is 0. The van der Waals surface area contributed by atoms with E-state index in [1.54, 1.807) is 22.6 Å². The molecule has 1 aliphatic heterocycles. The van der Waals surface area contributed by atoms with Gasteiger partial charge in [0.1, 0.15) is 10.6 Å². The molecule has 3 rings (SSSR count). The van der Waals surface area contributed by atoms with Crippen molar-refractivity contribution in [3.05, 3.63) is 52.8 Å². The second kappa shape index (κ2) is 8.68. The second-order valence-corrected chi connectivity index (χ2v) is 9.46. The number of sulfonamides is 1. The predicted octanol–water partition coefficient (Wildman–Crippen LogP) is 3.52. The molecule has 1 aromatic carbocycles. The SMILES string of the molecule is CCN(Cc1cccc(Cl)c1)C(=O)c1cc(S(=O)(=O)N2CCCCC2)cn1C. The Morgan fingerprint density at radius 1 is 1.18 bits per heavy atom. The lowest BCUT2D eigenvalue weighted by Crippen LogP contribution is -2.35. The molecule has 0 N–H and O–H groups in total.